The van der Waals surface area contributed by atoms with Crippen LogP contribution in [0.15, 0.2) is 12.4 Å². The zero-order valence-electron chi connectivity index (χ0n) is 15.8. The van der Waals surface area contributed by atoms with Crippen LogP contribution in [-0.4, -0.2) is 15.0 Å². The van der Waals surface area contributed by atoms with E-state index in [1.165, 1.54) is 51.4 Å². The second-order valence-electron chi connectivity index (χ2n) is 7.94. The molecule has 4 nitrogen and oxygen atoms in total. The first-order chi connectivity index (χ1) is 10.9. The largest absolute Gasteiger partial charge is 0.307 e. The van der Waals surface area contributed by atoms with Crippen molar-refractivity contribution in [3.05, 3.63) is 12.4 Å². The van der Waals surface area contributed by atoms with Crippen molar-refractivity contribution in [3.63, 3.8) is 0 Å². The number of nitrogens with two attached hydrogens (primary N) is 1. The summed E-state index contributed by atoms with van der Waals surface area (Å²) >= 11 is 0. The standard InChI is InChI=1S/C19H38N4/c1-17(2)11-7-5-9-13-19(20,23-16-15-21-22-23)14-10-6-8-12-18(3)4/h15-18H,5-14,20H2,1-4H3. The Morgan fingerprint density at radius 2 is 1.39 bits per heavy atom. The molecule has 0 unspecified atom stereocenters. The molecule has 0 aliphatic rings. The summed E-state index contributed by atoms with van der Waals surface area (Å²) in [6.07, 6.45) is 15.8. The lowest BCUT2D eigenvalue weighted by atomic mass is 9.94. The zero-order valence-corrected chi connectivity index (χ0v) is 15.8. The fourth-order valence-electron chi connectivity index (χ4n) is 3.12. The minimum absolute atomic E-state index is 0.355. The van der Waals surface area contributed by atoms with Crippen molar-refractivity contribution in [1.29, 1.82) is 0 Å². The lowest BCUT2D eigenvalue weighted by Gasteiger charge is -2.29. The van der Waals surface area contributed by atoms with Crippen LogP contribution in [0.3, 0.4) is 0 Å². The van der Waals surface area contributed by atoms with Crippen LogP contribution in [0.4, 0.5) is 0 Å². The van der Waals surface area contributed by atoms with Gasteiger partial charge in [0.2, 0.25) is 0 Å². The van der Waals surface area contributed by atoms with Gasteiger partial charge in [-0.3, -0.25) is 0 Å². The van der Waals surface area contributed by atoms with E-state index in [-0.39, 0.29) is 5.66 Å². The monoisotopic (exact) mass is 322 g/mol. The van der Waals surface area contributed by atoms with Crippen molar-refractivity contribution >= 4 is 0 Å². The lowest BCUT2D eigenvalue weighted by Crippen LogP contribution is -2.43. The summed E-state index contributed by atoms with van der Waals surface area (Å²) in [5.74, 6) is 1.60. The molecule has 4 heteroatoms. The van der Waals surface area contributed by atoms with Gasteiger partial charge in [0.15, 0.2) is 0 Å². The first kappa shape index (κ1) is 20.1. The maximum absolute atomic E-state index is 6.71. The SMILES string of the molecule is CC(C)CCCCCC(N)(CCCCCC(C)C)n1ccnn1. The highest BCUT2D eigenvalue weighted by molar-refractivity contribution is 4.82. The van der Waals surface area contributed by atoms with E-state index in [1.54, 1.807) is 6.20 Å². The topological polar surface area (TPSA) is 56.7 Å². The molecule has 134 valence electrons. The molecule has 0 aliphatic carbocycles. The van der Waals surface area contributed by atoms with Gasteiger partial charge >= 0.3 is 0 Å². The van der Waals surface area contributed by atoms with Crippen LogP contribution in [0.2, 0.25) is 0 Å². The summed E-state index contributed by atoms with van der Waals surface area (Å²) in [6.45, 7) is 9.17. The number of aromatic nitrogens is 3. The first-order valence-electron chi connectivity index (χ1n) is 9.60. The Balaban J connectivity index is 2.38. The van der Waals surface area contributed by atoms with Gasteiger partial charge < -0.3 is 5.73 Å². The Kier molecular flexibility index (Phi) is 9.46. The highest BCUT2D eigenvalue weighted by Crippen LogP contribution is 2.25. The third-order valence-corrected chi connectivity index (χ3v) is 4.66. The molecule has 0 spiro atoms. The minimum Gasteiger partial charge on any atom is -0.307 e. The van der Waals surface area contributed by atoms with Crippen molar-refractivity contribution in [1.82, 2.24) is 15.0 Å². The molecule has 1 aromatic rings. The lowest BCUT2D eigenvalue weighted by molar-refractivity contribution is 0.204. The molecule has 1 heterocycles. The fraction of sp³-hybridized carbons (Fsp3) is 0.895. The number of unbranched alkanes of at least 4 members (excludes halogenated alkanes) is 4. The van der Waals surface area contributed by atoms with Gasteiger partial charge in [-0.15, -0.1) is 5.10 Å². The van der Waals surface area contributed by atoms with E-state index in [1.807, 2.05) is 10.9 Å². The molecular weight excluding hydrogens is 284 g/mol. The quantitative estimate of drug-likeness (QED) is 0.514. The van der Waals surface area contributed by atoms with E-state index < -0.39 is 0 Å². The average Bonchev–Trinajstić information content (AvgIpc) is 3.00. The summed E-state index contributed by atoms with van der Waals surface area (Å²) in [5.41, 5.74) is 6.35. The maximum Gasteiger partial charge on any atom is 0.111 e. The van der Waals surface area contributed by atoms with Gasteiger partial charge in [0.25, 0.3) is 0 Å². The second kappa shape index (κ2) is 10.8. The van der Waals surface area contributed by atoms with Gasteiger partial charge in [0.1, 0.15) is 5.66 Å². The van der Waals surface area contributed by atoms with E-state index in [4.69, 9.17) is 5.73 Å². The molecule has 0 aliphatic heterocycles. The molecule has 0 saturated carbocycles. The van der Waals surface area contributed by atoms with Crippen molar-refractivity contribution < 1.29 is 0 Å². The zero-order chi connectivity index (χ0) is 17.1. The Bertz CT molecular complexity index is 366. The van der Waals surface area contributed by atoms with E-state index in [9.17, 15) is 0 Å². The molecule has 23 heavy (non-hydrogen) atoms. The number of nitrogens with zero attached hydrogens (tertiary/aromatic N) is 3. The summed E-state index contributed by atoms with van der Waals surface area (Å²) < 4.78 is 1.89. The average molecular weight is 323 g/mol. The molecule has 0 saturated heterocycles. The van der Waals surface area contributed by atoms with Crippen molar-refractivity contribution in [2.24, 2.45) is 17.6 Å². The van der Waals surface area contributed by atoms with Gasteiger partial charge in [-0.1, -0.05) is 71.4 Å². The van der Waals surface area contributed by atoms with E-state index in [2.05, 4.69) is 38.0 Å². The van der Waals surface area contributed by atoms with E-state index >= 15 is 0 Å². The Morgan fingerprint density at radius 1 is 0.870 bits per heavy atom. The van der Waals surface area contributed by atoms with Crippen LogP contribution in [-0.2, 0) is 5.66 Å². The van der Waals surface area contributed by atoms with Gasteiger partial charge in [-0.05, 0) is 37.5 Å². The molecule has 0 aromatic carbocycles. The number of rotatable bonds is 13. The van der Waals surface area contributed by atoms with Gasteiger partial charge in [-0.25, -0.2) is 4.68 Å². The molecule has 2 N–H and O–H groups in total. The summed E-state index contributed by atoms with van der Waals surface area (Å²) in [7, 11) is 0. The van der Waals surface area contributed by atoms with Crippen LogP contribution in [0.25, 0.3) is 0 Å². The molecule has 1 aromatic heterocycles. The van der Waals surface area contributed by atoms with Gasteiger partial charge in [-0.2, -0.15) is 0 Å². The summed E-state index contributed by atoms with van der Waals surface area (Å²) in [4.78, 5) is 0. The minimum atomic E-state index is -0.355. The normalized spacial score (nSPS) is 12.5. The third kappa shape index (κ3) is 8.50. The molecule has 0 fully saturated rings. The number of hydrogen-bond acceptors (Lipinski definition) is 3. The van der Waals surface area contributed by atoms with Gasteiger partial charge in [0.05, 0.1) is 6.20 Å². The van der Waals surface area contributed by atoms with Crippen LogP contribution >= 0.6 is 0 Å². The molecule has 1 rings (SSSR count). The highest BCUT2D eigenvalue weighted by atomic mass is 15.5. The summed E-state index contributed by atoms with van der Waals surface area (Å²) in [5, 5.41) is 8.14. The predicted octanol–water partition coefficient (Wildman–Crippen LogP) is 5.10. The number of hydrogen-bond donors (Lipinski definition) is 1. The maximum atomic E-state index is 6.71. The van der Waals surface area contributed by atoms with Crippen LogP contribution in [0.1, 0.15) is 91.9 Å². The smallest absolute Gasteiger partial charge is 0.111 e. The predicted molar refractivity (Wildman–Crippen MR) is 98.0 cm³/mol. The molecular formula is C19H38N4. The fourth-order valence-corrected chi connectivity index (χ4v) is 3.12. The van der Waals surface area contributed by atoms with E-state index in [0.29, 0.717) is 0 Å². The van der Waals surface area contributed by atoms with Gasteiger partial charge in [0, 0.05) is 6.20 Å². The third-order valence-electron chi connectivity index (χ3n) is 4.66. The first-order valence-corrected chi connectivity index (χ1v) is 9.60. The second-order valence-corrected chi connectivity index (χ2v) is 7.94. The Morgan fingerprint density at radius 3 is 1.78 bits per heavy atom. The Labute approximate surface area is 143 Å². The molecule has 0 radical (unpaired) electrons. The molecule has 0 atom stereocenters. The van der Waals surface area contributed by atoms with Crippen LogP contribution in [0, 0.1) is 11.8 Å². The Hall–Kier alpha value is -0.900. The van der Waals surface area contributed by atoms with Crippen molar-refractivity contribution in [2.45, 2.75) is 97.6 Å². The molecule has 0 amide bonds. The van der Waals surface area contributed by atoms with Crippen molar-refractivity contribution in [2.75, 3.05) is 0 Å². The molecule has 0 bridgehead atoms. The highest BCUT2D eigenvalue weighted by Gasteiger charge is 2.26. The van der Waals surface area contributed by atoms with E-state index in [0.717, 1.165) is 24.7 Å². The van der Waals surface area contributed by atoms with Crippen LogP contribution in [0.5, 0.6) is 0 Å². The van der Waals surface area contributed by atoms with Crippen molar-refractivity contribution in [3.8, 4) is 0 Å². The summed E-state index contributed by atoms with van der Waals surface area (Å²) in [6, 6.07) is 0. The van der Waals surface area contributed by atoms with Crippen LogP contribution < -0.4 is 5.73 Å².